The number of aryl methyl sites for hydroxylation is 1. The maximum atomic E-state index is 12.6. The number of furan rings is 1. The lowest BCUT2D eigenvalue weighted by Crippen LogP contribution is -2.40. The van der Waals surface area contributed by atoms with Crippen LogP contribution < -0.4 is 10.9 Å². The number of likely N-dealkylation sites (tertiary alicyclic amines) is 1. The fourth-order valence-electron chi connectivity index (χ4n) is 4.67. The highest BCUT2D eigenvalue weighted by Crippen LogP contribution is 2.21. The Hall–Kier alpha value is -2.61. The van der Waals surface area contributed by atoms with Gasteiger partial charge in [-0.25, -0.2) is 4.68 Å². The van der Waals surface area contributed by atoms with Crippen molar-refractivity contribution in [2.24, 2.45) is 11.8 Å². The van der Waals surface area contributed by atoms with Crippen LogP contribution in [0.15, 0.2) is 33.9 Å². The molecule has 4 rings (SSSR count). The van der Waals surface area contributed by atoms with E-state index in [-0.39, 0.29) is 11.5 Å². The smallest absolute Gasteiger partial charge is 0.291 e. The zero-order valence-corrected chi connectivity index (χ0v) is 17.8. The molecule has 0 bridgehead atoms. The molecular weight excluding hydrogens is 382 g/mol. The predicted molar refractivity (Wildman–Crippen MR) is 115 cm³/mol. The average molecular weight is 414 g/mol. The van der Waals surface area contributed by atoms with Gasteiger partial charge in [-0.2, -0.15) is 5.10 Å². The van der Waals surface area contributed by atoms with Crippen LogP contribution in [0, 0.1) is 11.8 Å². The van der Waals surface area contributed by atoms with E-state index in [0.29, 0.717) is 37.0 Å². The van der Waals surface area contributed by atoms with Crippen LogP contribution in [0.2, 0.25) is 0 Å². The summed E-state index contributed by atoms with van der Waals surface area (Å²) in [5, 5.41) is 7.23. The summed E-state index contributed by atoms with van der Waals surface area (Å²) in [6.07, 6.45) is 6.47. The number of fused-ring (bicyclic) bond motifs is 3. The monoisotopic (exact) mass is 413 g/mol. The van der Waals surface area contributed by atoms with E-state index in [0.717, 1.165) is 43.4 Å². The van der Waals surface area contributed by atoms with Crippen LogP contribution in [0.5, 0.6) is 0 Å². The third kappa shape index (κ3) is 4.59. The van der Waals surface area contributed by atoms with Gasteiger partial charge in [-0.15, -0.1) is 0 Å². The molecule has 162 valence electrons. The van der Waals surface area contributed by atoms with Gasteiger partial charge in [-0.1, -0.05) is 13.8 Å². The summed E-state index contributed by atoms with van der Waals surface area (Å²) in [4.78, 5) is 27.2. The summed E-state index contributed by atoms with van der Waals surface area (Å²) in [5.41, 5.74) is 1.86. The summed E-state index contributed by atoms with van der Waals surface area (Å²) >= 11 is 0. The van der Waals surface area contributed by atoms with Crippen molar-refractivity contribution < 1.29 is 9.21 Å². The highest BCUT2D eigenvalue weighted by atomic mass is 16.3. The number of rotatable bonds is 8. The van der Waals surface area contributed by atoms with Gasteiger partial charge >= 0.3 is 0 Å². The standard InChI is InChI=1S/C22H31N5O3/c1-16-11-17(2)14-25(13-16)8-4-7-23-21(28)5-3-9-27-22(29)19-12-20-18(6-10-30-20)26(19)15-24-27/h6,10,12,15-17H,3-5,7-9,11,13-14H2,1-2H3,(H,23,28)/t16-,17+. The second-order valence-electron chi connectivity index (χ2n) is 8.74. The molecule has 8 nitrogen and oxygen atoms in total. The number of nitrogens with one attached hydrogen (secondary N) is 1. The molecule has 1 saturated heterocycles. The Morgan fingerprint density at radius 1 is 1.20 bits per heavy atom. The second kappa shape index (κ2) is 9.04. The Balaban J connectivity index is 1.19. The molecule has 1 aliphatic rings. The lowest BCUT2D eigenvalue weighted by atomic mass is 9.92. The summed E-state index contributed by atoms with van der Waals surface area (Å²) in [7, 11) is 0. The first-order valence-electron chi connectivity index (χ1n) is 10.9. The third-order valence-corrected chi connectivity index (χ3v) is 5.91. The van der Waals surface area contributed by atoms with Gasteiger partial charge < -0.3 is 14.6 Å². The van der Waals surface area contributed by atoms with Crippen LogP contribution in [0.25, 0.3) is 16.6 Å². The zero-order chi connectivity index (χ0) is 21.1. The molecule has 30 heavy (non-hydrogen) atoms. The van der Waals surface area contributed by atoms with Gasteiger partial charge in [0, 0.05) is 44.7 Å². The van der Waals surface area contributed by atoms with Gasteiger partial charge in [0.1, 0.15) is 11.8 Å². The normalized spacial score (nSPS) is 20.2. The Labute approximate surface area is 175 Å². The van der Waals surface area contributed by atoms with Crippen LogP contribution in [0.1, 0.15) is 39.5 Å². The van der Waals surface area contributed by atoms with E-state index < -0.39 is 0 Å². The van der Waals surface area contributed by atoms with Crippen molar-refractivity contribution in [3.63, 3.8) is 0 Å². The van der Waals surface area contributed by atoms with Crippen molar-refractivity contribution in [1.82, 2.24) is 24.4 Å². The van der Waals surface area contributed by atoms with Gasteiger partial charge in [0.2, 0.25) is 5.91 Å². The Morgan fingerprint density at radius 2 is 2.00 bits per heavy atom. The van der Waals surface area contributed by atoms with Crippen LogP contribution in [0.3, 0.4) is 0 Å². The van der Waals surface area contributed by atoms with E-state index in [1.807, 2.05) is 6.07 Å². The van der Waals surface area contributed by atoms with Crippen LogP contribution in [0.4, 0.5) is 0 Å². The van der Waals surface area contributed by atoms with Gasteiger partial charge in [0.25, 0.3) is 5.56 Å². The molecule has 0 unspecified atom stereocenters. The minimum absolute atomic E-state index is 0.0321. The molecule has 3 aromatic rings. The van der Waals surface area contributed by atoms with E-state index in [4.69, 9.17) is 4.42 Å². The molecule has 1 amide bonds. The van der Waals surface area contributed by atoms with Crippen molar-refractivity contribution in [2.45, 2.75) is 46.1 Å². The van der Waals surface area contributed by atoms with Crippen molar-refractivity contribution >= 4 is 22.5 Å². The average Bonchev–Trinajstić information content (AvgIpc) is 3.28. The first kappa shape index (κ1) is 20.7. The number of piperidine rings is 1. The van der Waals surface area contributed by atoms with Gasteiger partial charge in [0.15, 0.2) is 5.58 Å². The van der Waals surface area contributed by atoms with E-state index in [2.05, 4.69) is 29.2 Å². The topological polar surface area (TPSA) is 84.8 Å². The first-order valence-corrected chi connectivity index (χ1v) is 10.9. The molecule has 1 aliphatic heterocycles. The highest BCUT2D eigenvalue weighted by Gasteiger charge is 2.21. The Morgan fingerprint density at radius 3 is 2.80 bits per heavy atom. The molecule has 0 saturated carbocycles. The van der Waals surface area contributed by atoms with E-state index in [1.165, 1.54) is 11.1 Å². The van der Waals surface area contributed by atoms with Crippen molar-refractivity contribution in [3.8, 4) is 0 Å². The lowest BCUT2D eigenvalue weighted by molar-refractivity contribution is -0.121. The zero-order valence-electron chi connectivity index (χ0n) is 17.8. The second-order valence-corrected chi connectivity index (χ2v) is 8.74. The predicted octanol–water partition coefficient (Wildman–Crippen LogP) is 2.51. The van der Waals surface area contributed by atoms with Crippen LogP contribution >= 0.6 is 0 Å². The van der Waals surface area contributed by atoms with E-state index in [9.17, 15) is 9.59 Å². The summed E-state index contributed by atoms with van der Waals surface area (Å²) < 4.78 is 8.50. The summed E-state index contributed by atoms with van der Waals surface area (Å²) in [6, 6.07) is 3.54. The van der Waals surface area contributed by atoms with Crippen molar-refractivity contribution in [1.29, 1.82) is 0 Å². The SMILES string of the molecule is C[C@@H]1C[C@H](C)CN(CCCNC(=O)CCCn2ncn3c(cc4occc43)c2=O)C1. The molecule has 8 heteroatoms. The Bertz CT molecular complexity index is 1060. The minimum atomic E-state index is -0.172. The quantitative estimate of drug-likeness (QED) is 0.574. The molecule has 2 atom stereocenters. The summed E-state index contributed by atoms with van der Waals surface area (Å²) in [6.45, 7) is 9.11. The molecule has 1 N–H and O–H groups in total. The largest absolute Gasteiger partial charge is 0.463 e. The summed E-state index contributed by atoms with van der Waals surface area (Å²) in [5.74, 6) is 1.55. The van der Waals surface area contributed by atoms with Crippen molar-refractivity contribution in [3.05, 3.63) is 35.1 Å². The highest BCUT2D eigenvalue weighted by molar-refractivity contribution is 5.81. The number of amides is 1. The first-order chi connectivity index (χ1) is 14.5. The Kier molecular flexibility index (Phi) is 6.22. The number of aromatic nitrogens is 3. The van der Waals surface area contributed by atoms with Gasteiger partial charge in [0.05, 0.1) is 11.8 Å². The van der Waals surface area contributed by atoms with Crippen LogP contribution in [-0.2, 0) is 11.3 Å². The lowest BCUT2D eigenvalue weighted by Gasteiger charge is -2.34. The minimum Gasteiger partial charge on any atom is -0.463 e. The molecule has 0 aliphatic carbocycles. The number of hydrogen-bond acceptors (Lipinski definition) is 5. The molecule has 1 fully saturated rings. The molecule has 0 spiro atoms. The fraction of sp³-hybridized carbons (Fsp3) is 0.591. The van der Waals surface area contributed by atoms with Crippen molar-refractivity contribution in [2.75, 3.05) is 26.2 Å². The molecule has 3 aromatic heterocycles. The van der Waals surface area contributed by atoms with E-state index in [1.54, 1.807) is 23.1 Å². The van der Waals surface area contributed by atoms with E-state index >= 15 is 0 Å². The maximum absolute atomic E-state index is 12.6. The molecule has 0 aromatic carbocycles. The molecular formula is C22H31N5O3. The van der Waals surface area contributed by atoms with Gasteiger partial charge in [-0.05, 0) is 37.6 Å². The molecule has 4 heterocycles. The van der Waals surface area contributed by atoms with Crippen LogP contribution in [-0.4, -0.2) is 51.2 Å². The number of hydrogen-bond donors (Lipinski definition) is 1. The maximum Gasteiger partial charge on any atom is 0.291 e. The fourth-order valence-corrected chi connectivity index (χ4v) is 4.67. The number of carbonyl (C=O) groups is 1. The third-order valence-electron chi connectivity index (χ3n) is 5.91. The number of carbonyl (C=O) groups excluding carboxylic acids is 1. The molecule has 0 radical (unpaired) electrons. The van der Waals surface area contributed by atoms with Gasteiger partial charge in [-0.3, -0.25) is 14.0 Å². The number of nitrogens with zero attached hydrogens (tertiary/aromatic N) is 4.